The fourth-order valence-corrected chi connectivity index (χ4v) is 3.40. The fourth-order valence-electron chi connectivity index (χ4n) is 3.40. The van der Waals surface area contributed by atoms with Crippen LogP contribution in [0.3, 0.4) is 0 Å². The Morgan fingerprint density at radius 2 is 2.12 bits per heavy atom. The number of nitrogens with zero attached hydrogens (tertiary/aromatic N) is 4. The number of imidazole rings is 1. The number of anilines is 1. The van der Waals surface area contributed by atoms with E-state index in [1.165, 1.54) is 0 Å². The van der Waals surface area contributed by atoms with Crippen LogP contribution in [0.15, 0.2) is 24.4 Å². The van der Waals surface area contributed by atoms with Crippen molar-refractivity contribution in [1.82, 2.24) is 24.9 Å². The summed E-state index contributed by atoms with van der Waals surface area (Å²) in [6.07, 6.45) is 4.28. The summed E-state index contributed by atoms with van der Waals surface area (Å²) in [4.78, 5) is 8.62. The number of nitrogens with two attached hydrogens (primary N) is 1. The highest BCUT2D eigenvalue weighted by Crippen LogP contribution is 2.27. The van der Waals surface area contributed by atoms with Crippen LogP contribution in [-0.2, 0) is 6.42 Å². The maximum Gasteiger partial charge on any atom is 0.336 e. The summed E-state index contributed by atoms with van der Waals surface area (Å²) >= 11 is 0. The molecule has 3 aromatic rings. The van der Waals surface area contributed by atoms with Gasteiger partial charge in [0, 0.05) is 37.6 Å². The molecule has 3 rings (SSSR count). The molecule has 2 heterocycles. The zero-order valence-electron chi connectivity index (χ0n) is 18.9. The molecule has 0 amide bonds. The molecular formula is C22H32N6O4. The van der Waals surface area contributed by atoms with Crippen molar-refractivity contribution in [3.63, 3.8) is 0 Å². The molecular weight excluding hydrogens is 412 g/mol. The molecule has 0 saturated carbocycles. The van der Waals surface area contributed by atoms with Gasteiger partial charge in [-0.2, -0.15) is 4.98 Å². The maximum absolute atomic E-state index is 9.29. The molecule has 0 radical (unpaired) electrons. The van der Waals surface area contributed by atoms with E-state index >= 15 is 0 Å². The van der Waals surface area contributed by atoms with E-state index < -0.39 is 0 Å². The second-order valence-electron chi connectivity index (χ2n) is 7.41. The summed E-state index contributed by atoms with van der Waals surface area (Å²) in [6.45, 7) is 3.42. The standard InChI is InChI=1S/C22H32N6O4/c1-4-5-17(8-10-29)32-22-26-20(23)21-25-14-16(28(21)27-22)12-15-6-7-18(13-19(15)30-3)31-11-9-24-2/h6-7,13-14,17,24,29H,4-5,8-12H2,1-3H3,(H2,23,26,27). The normalized spacial score (nSPS) is 12.1. The van der Waals surface area contributed by atoms with E-state index in [1.54, 1.807) is 17.8 Å². The van der Waals surface area contributed by atoms with Gasteiger partial charge in [-0.15, -0.1) is 5.10 Å². The molecule has 1 unspecified atom stereocenters. The first kappa shape index (κ1) is 23.6. The number of hydrogen-bond acceptors (Lipinski definition) is 9. The van der Waals surface area contributed by atoms with Gasteiger partial charge in [0.2, 0.25) is 0 Å². The van der Waals surface area contributed by atoms with Gasteiger partial charge in [-0.3, -0.25) is 0 Å². The van der Waals surface area contributed by atoms with Gasteiger partial charge in [0.1, 0.15) is 24.2 Å². The molecule has 0 saturated heterocycles. The van der Waals surface area contributed by atoms with Crippen molar-refractivity contribution in [1.29, 1.82) is 0 Å². The predicted molar refractivity (Wildman–Crippen MR) is 121 cm³/mol. The summed E-state index contributed by atoms with van der Waals surface area (Å²) < 4.78 is 18.9. The quantitative estimate of drug-likeness (QED) is 0.338. The van der Waals surface area contributed by atoms with E-state index in [4.69, 9.17) is 19.9 Å². The third kappa shape index (κ3) is 5.77. The first-order chi connectivity index (χ1) is 15.6. The molecule has 1 atom stereocenters. The van der Waals surface area contributed by atoms with E-state index in [1.807, 2.05) is 25.2 Å². The van der Waals surface area contributed by atoms with Crippen molar-refractivity contribution in [3.8, 4) is 17.5 Å². The molecule has 0 aliphatic carbocycles. The van der Waals surface area contributed by atoms with Gasteiger partial charge in [0.05, 0.1) is 19.0 Å². The Morgan fingerprint density at radius 1 is 1.28 bits per heavy atom. The Morgan fingerprint density at radius 3 is 2.84 bits per heavy atom. The molecule has 32 heavy (non-hydrogen) atoms. The van der Waals surface area contributed by atoms with Crippen molar-refractivity contribution in [2.75, 3.05) is 39.6 Å². The first-order valence-corrected chi connectivity index (χ1v) is 10.8. The van der Waals surface area contributed by atoms with Crippen LogP contribution in [0.5, 0.6) is 17.5 Å². The molecule has 0 bridgehead atoms. The summed E-state index contributed by atoms with van der Waals surface area (Å²) in [7, 11) is 3.51. The predicted octanol–water partition coefficient (Wildman–Crippen LogP) is 1.83. The number of benzene rings is 1. The number of methoxy groups -OCH3 is 1. The van der Waals surface area contributed by atoms with Crippen LogP contribution >= 0.6 is 0 Å². The summed E-state index contributed by atoms with van der Waals surface area (Å²) in [5.41, 5.74) is 8.35. The van der Waals surface area contributed by atoms with Crippen LogP contribution in [-0.4, -0.2) is 64.7 Å². The summed E-state index contributed by atoms with van der Waals surface area (Å²) in [5.74, 6) is 1.69. The molecule has 0 aliphatic rings. The Balaban J connectivity index is 1.85. The Bertz CT molecular complexity index is 1000. The number of aliphatic hydroxyl groups is 1. The zero-order valence-corrected chi connectivity index (χ0v) is 18.9. The maximum atomic E-state index is 9.29. The minimum Gasteiger partial charge on any atom is -0.496 e. The second kappa shape index (κ2) is 11.5. The SMILES string of the molecule is CCCC(CCO)Oc1nc(N)c2ncc(Cc3ccc(OCCNC)cc3OC)n2n1. The minimum absolute atomic E-state index is 0.0349. The average Bonchev–Trinajstić information content (AvgIpc) is 3.18. The summed E-state index contributed by atoms with van der Waals surface area (Å²) in [5, 5.41) is 16.8. The Labute approximate surface area is 187 Å². The molecule has 1 aromatic carbocycles. The monoisotopic (exact) mass is 444 g/mol. The van der Waals surface area contributed by atoms with Crippen molar-refractivity contribution in [2.24, 2.45) is 0 Å². The molecule has 0 aliphatic heterocycles. The number of ether oxygens (including phenoxy) is 3. The number of nitrogens with one attached hydrogen (secondary N) is 1. The van der Waals surface area contributed by atoms with E-state index in [-0.39, 0.29) is 24.5 Å². The molecule has 4 N–H and O–H groups in total. The van der Waals surface area contributed by atoms with Crippen molar-refractivity contribution >= 4 is 11.5 Å². The lowest BCUT2D eigenvalue weighted by molar-refractivity contribution is 0.133. The Hall–Kier alpha value is -3.11. The highest BCUT2D eigenvalue weighted by Gasteiger charge is 2.17. The molecule has 174 valence electrons. The van der Waals surface area contributed by atoms with E-state index in [0.29, 0.717) is 30.8 Å². The number of nitrogen functional groups attached to an aromatic ring is 1. The third-order valence-corrected chi connectivity index (χ3v) is 5.02. The van der Waals surface area contributed by atoms with Crippen LogP contribution in [0, 0.1) is 0 Å². The van der Waals surface area contributed by atoms with Crippen LogP contribution in [0.4, 0.5) is 5.82 Å². The largest absolute Gasteiger partial charge is 0.496 e. The highest BCUT2D eigenvalue weighted by molar-refractivity contribution is 5.60. The van der Waals surface area contributed by atoms with Gasteiger partial charge in [0.15, 0.2) is 11.5 Å². The highest BCUT2D eigenvalue weighted by atomic mass is 16.5. The van der Waals surface area contributed by atoms with Gasteiger partial charge in [-0.1, -0.05) is 19.4 Å². The van der Waals surface area contributed by atoms with Crippen LogP contribution < -0.4 is 25.3 Å². The van der Waals surface area contributed by atoms with Crippen molar-refractivity contribution in [2.45, 2.75) is 38.7 Å². The van der Waals surface area contributed by atoms with E-state index in [0.717, 1.165) is 36.4 Å². The van der Waals surface area contributed by atoms with Crippen LogP contribution in [0.1, 0.15) is 37.4 Å². The number of rotatable bonds is 13. The first-order valence-electron chi connectivity index (χ1n) is 10.8. The minimum atomic E-state index is -0.177. The second-order valence-corrected chi connectivity index (χ2v) is 7.41. The lowest BCUT2D eigenvalue weighted by Gasteiger charge is -2.16. The average molecular weight is 445 g/mol. The van der Waals surface area contributed by atoms with E-state index in [2.05, 4.69) is 27.3 Å². The van der Waals surface area contributed by atoms with Crippen molar-refractivity contribution < 1.29 is 19.3 Å². The molecule has 10 nitrogen and oxygen atoms in total. The van der Waals surface area contributed by atoms with Gasteiger partial charge in [-0.05, 0) is 19.5 Å². The lowest BCUT2D eigenvalue weighted by atomic mass is 10.1. The molecule has 10 heteroatoms. The zero-order chi connectivity index (χ0) is 22.9. The van der Waals surface area contributed by atoms with Gasteiger partial charge in [-0.25, -0.2) is 9.50 Å². The third-order valence-electron chi connectivity index (χ3n) is 5.02. The molecule has 2 aromatic heterocycles. The number of fused-ring (bicyclic) bond motifs is 1. The topological polar surface area (TPSA) is 129 Å². The van der Waals surface area contributed by atoms with Gasteiger partial charge < -0.3 is 30.4 Å². The van der Waals surface area contributed by atoms with Crippen LogP contribution in [0.2, 0.25) is 0 Å². The number of aliphatic hydroxyl groups excluding tert-OH is 1. The molecule has 0 spiro atoms. The van der Waals surface area contributed by atoms with Crippen molar-refractivity contribution in [3.05, 3.63) is 35.7 Å². The number of aromatic nitrogens is 4. The van der Waals surface area contributed by atoms with Gasteiger partial charge >= 0.3 is 6.01 Å². The Kier molecular flexibility index (Phi) is 8.46. The summed E-state index contributed by atoms with van der Waals surface area (Å²) in [6, 6.07) is 5.92. The van der Waals surface area contributed by atoms with Crippen LogP contribution in [0.25, 0.3) is 5.65 Å². The van der Waals surface area contributed by atoms with E-state index in [9.17, 15) is 5.11 Å². The number of hydrogen-bond donors (Lipinski definition) is 3. The smallest absolute Gasteiger partial charge is 0.336 e. The fraction of sp³-hybridized carbons (Fsp3) is 0.500. The number of likely N-dealkylation sites (N-methyl/N-ethyl adjacent to an activating group) is 1. The lowest BCUT2D eigenvalue weighted by Crippen LogP contribution is -2.20. The van der Waals surface area contributed by atoms with Gasteiger partial charge in [0.25, 0.3) is 0 Å². The molecule has 0 fully saturated rings.